The van der Waals surface area contributed by atoms with Crippen LogP contribution in [-0.2, 0) is 11.3 Å². The van der Waals surface area contributed by atoms with E-state index < -0.39 is 0 Å². The Morgan fingerprint density at radius 3 is 2.50 bits per heavy atom. The topological polar surface area (TPSA) is 53.2 Å². The van der Waals surface area contributed by atoms with Crippen molar-refractivity contribution in [1.29, 1.82) is 0 Å². The first kappa shape index (κ1) is 17.5. The molecule has 2 atom stereocenters. The zero-order valence-corrected chi connectivity index (χ0v) is 14.9. The highest BCUT2D eigenvalue weighted by Gasteiger charge is 2.29. The number of benzene rings is 2. The number of amides is 1. The van der Waals surface area contributed by atoms with E-state index in [0.29, 0.717) is 28.0 Å². The van der Waals surface area contributed by atoms with Gasteiger partial charge in [0.1, 0.15) is 6.04 Å². The van der Waals surface area contributed by atoms with Crippen LogP contribution in [0.2, 0.25) is 15.1 Å². The fraction of sp³-hybridized carbons (Fsp3) is 0.235. The lowest BCUT2D eigenvalue weighted by atomic mass is 10.0. The summed E-state index contributed by atoms with van der Waals surface area (Å²) in [6.07, 6.45) is 0.662. The monoisotopic (exact) mass is 383 g/mol. The Kier molecular flexibility index (Phi) is 5.64. The minimum Gasteiger partial charge on any atom is -0.351 e. The fourth-order valence-electron chi connectivity index (χ4n) is 2.60. The lowest BCUT2D eigenvalue weighted by Crippen LogP contribution is -2.42. The standard InChI is InChI=1S/C17H16Cl3N3O/c18-12-4-2-11(3-5-12)15-8-16(23-22-15)17(24)21-9-10-1-6-13(19)14(20)7-10/h1-7,15-16,22-23H,8-9H2,(H,21,24). The molecule has 0 aromatic heterocycles. The number of hydrazine groups is 1. The van der Waals surface area contributed by atoms with Crippen LogP contribution in [0.25, 0.3) is 0 Å². The predicted octanol–water partition coefficient (Wildman–Crippen LogP) is 3.87. The summed E-state index contributed by atoms with van der Waals surface area (Å²) in [6.45, 7) is 0.402. The molecule has 2 unspecified atom stereocenters. The molecule has 1 aliphatic heterocycles. The van der Waals surface area contributed by atoms with Crippen LogP contribution in [0.4, 0.5) is 0 Å². The van der Waals surface area contributed by atoms with Gasteiger partial charge in [0.2, 0.25) is 5.91 Å². The number of carbonyl (C=O) groups excluding carboxylic acids is 1. The molecule has 2 aromatic carbocycles. The van der Waals surface area contributed by atoms with Crippen molar-refractivity contribution in [2.45, 2.75) is 25.0 Å². The molecule has 4 nitrogen and oxygen atoms in total. The van der Waals surface area contributed by atoms with Gasteiger partial charge in [-0.05, 0) is 41.8 Å². The van der Waals surface area contributed by atoms with Crippen molar-refractivity contribution in [3.63, 3.8) is 0 Å². The molecule has 126 valence electrons. The number of carbonyl (C=O) groups is 1. The van der Waals surface area contributed by atoms with E-state index in [9.17, 15) is 4.79 Å². The van der Waals surface area contributed by atoms with Crippen molar-refractivity contribution in [1.82, 2.24) is 16.2 Å². The van der Waals surface area contributed by atoms with Crippen LogP contribution in [0, 0.1) is 0 Å². The Balaban J connectivity index is 1.54. The van der Waals surface area contributed by atoms with Crippen molar-refractivity contribution in [3.8, 4) is 0 Å². The van der Waals surface area contributed by atoms with Crippen molar-refractivity contribution in [3.05, 3.63) is 68.7 Å². The molecule has 1 fully saturated rings. The summed E-state index contributed by atoms with van der Waals surface area (Å²) >= 11 is 17.8. The summed E-state index contributed by atoms with van der Waals surface area (Å²) in [5, 5.41) is 4.58. The van der Waals surface area contributed by atoms with Crippen molar-refractivity contribution < 1.29 is 4.79 Å². The second kappa shape index (κ2) is 7.72. The average molecular weight is 385 g/mol. The minimum atomic E-state index is -0.298. The first-order valence-electron chi connectivity index (χ1n) is 7.51. The minimum absolute atomic E-state index is 0.0648. The summed E-state index contributed by atoms with van der Waals surface area (Å²) in [5.41, 5.74) is 8.17. The molecule has 1 heterocycles. The van der Waals surface area contributed by atoms with Gasteiger partial charge in [0.05, 0.1) is 10.0 Å². The number of hydrogen-bond acceptors (Lipinski definition) is 3. The molecule has 3 rings (SSSR count). The van der Waals surface area contributed by atoms with E-state index >= 15 is 0 Å². The molecule has 0 bridgehead atoms. The summed E-state index contributed by atoms with van der Waals surface area (Å²) < 4.78 is 0. The number of nitrogens with one attached hydrogen (secondary N) is 3. The van der Waals surface area contributed by atoms with Crippen LogP contribution in [0.3, 0.4) is 0 Å². The van der Waals surface area contributed by atoms with Gasteiger partial charge in [-0.1, -0.05) is 53.0 Å². The molecule has 1 amide bonds. The molecular formula is C17H16Cl3N3O. The van der Waals surface area contributed by atoms with Gasteiger partial charge in [-0.3, -0.25) is 4.79 Å². The Bertz CT molecular complexity index is 736. The van der Waals surface area contributed by atoms with Crippen LogP contribution in [0.1, 0.15) is 23.6 Å². The summed E-state index contributed by atoms with van der Waals surface area (Å²) in [7, 11) is 0. The highest BCUT2D eigenvalue weighted by Crippen LogP contribution is 2.24. The van der Waals surface area contributed by atoms with E-state index in [2.05, 4.69) is 16.2 Å². The van der Waals surface area contributed by atoms with Gasteiger partial charge in [-0.15, -0.1) is 0 Å². The van der Waals surface area contributed by atoms with Crippen LogP contribution >= 0.6 is 34.8 Å². The Labute approximate surface area is 155 Å². The Hall–Kier alpha value is -1.30. The van der Waals surface area contributed by atoms with Crippen LogP contribution < -0.4 is 16.2 Å². The van der Waals surface area contributed by atoms with Crippen LogP contribution in [-0.4, -0.2) is 11.9 Å². The zero-order chi connectivity index (χ0) is 17.1. The molecule has 0 radical (unpaired) electrons. The zero-order valence-electron chi connectivity index (χ0n) is 12.7. The Morgan fingerprint density at radius 2 is 1.79 bits per heavy atom. The molecular weight excluding hydrogens is 369 g/mol. The first-order chi connectivity index (χ1) is 11.5. The van der Waals surface area contributed by atoms with E-state index in [-0.39, 0.29) is 18.0 Å². The number of halogens is 3. The maximum absolute atomic E-state index is 12.3. The second-order valence-corrected chi connectivity index (χ2v) is 6.90. The lowest BCUT2D eigenvalue weighted by Gasteiger charge is -2.11. The number of hydrogen-bond donors (Lipinski definition) is 3. The third-order valence-corrected chi connectivity index (χ3v) is 4.93. The lowest BCUT2D eigenvalue weighted by molar-refractivity contribution is -0.123. The average Bonchev–Trinajstić information content (AvgIpc) is 3.06. The van der Waals surface area contributed by atoms with Gasteiger partial charge in [-0.25, -0.2) is 10.9 Å². The Morgan fingerprint density at radius 1 is 1.04 bits per heavy atom. The van der Waals surface area contributed by atoms with Gasteiger partial charge >= 0.3 is 0 Å². The predicted molar refractivity (Wildman–Crippen MR) is 97.2 cm³/mol. The fourth-order valence-corrected chi connectivity index (χ4v) is 3.05. The van der Waals surface area contributed by atoms with Crippen molar-refractivity contribution in [2.24, 2.45) is 0 Å². The van der Waals surface area contributed by atoms with Crippen LogP contribution in [0.15, 0.2) is 42.5 Å². The van der Waals surface area contributed by atoms with E-state index in [1.54, 1.807) is 12.1 Å². The van der Waals surface area contributed by atoms with Gasteiger partial charge in [-0.2, -0.15) is 0 Å². The first-order valence-corrected chi connectivity index (χ1v) is 8.64. The molecule has 1 aliphatic rings. The second-order valence-electron chi connectivity index (χ2n) is 5.65. The molecule has 7 heteroatoms. The SMILES string of the molecule is O=C(NCc1ccc(Cl)c(Cl)c1)C1CC(c2ccc(Cl)cc2)NN1. The van der Waals surface area contributed by atoms with E-state index in [0.717, 1.165) is 11.1 Å². The third-order valence-electron chi connectivity index (χ3n) is 3.94. The maximum Gasteiger partial charge on any atom is 0.238 e. The summed E-state index contributed by atoms with van der Waals surface area (Å²) in [5.74, 6) is -0.0648. The smallest absolute Gasteiger partial charge is 0.238 e. The van der Waals surface area contributed by atoms with Gasteiger partial charge < -0.3 is 5.32 Å². The quantitative estimate of drug-likeness (QED) is 0.750. The summed E-state index contributed by atoms with van der Waals surface area (Å²) in [4.78, 5) is 12.3. The normalized spacial score (nSPS) is 20.1. The number of rotatable bonds is 4. The molecule has 0 saturated carbocycles. The van der Waals surface area contributed by atoms with Crippen molar-refractivity contribution in [2.75, 3.05) is 0 Å². The van der Waals surface area contributed by atoms with Gasteiger partial charge in [0.15, 0.2) is 0 Å². The van der Waals surface area contributed by atoms with Gasteiger partial charge in [0.25, 0.3) is 0 Å². The third kappa shape index (κ3) is 4.21. The van der Waals surface area contributed by atoms with E-state index in [1.165, 1.54) is 0 Å². The van der Waals surface area contributed by atoms with Crippen molar-refractivity contribution >= 4 is 40.7 Å². The molecule has 0 aliphatic carbocycles. The highest BCUT2D eigenvalue weighted by atomic mass is 35.5. The molecule has 0 spiro atoms. The molecule has 1 saturated heterocycles. The molecule has 24 heavy (non-hydrogen) atoms. The van der Waals surface area contributed by atoms with Gasteiger partial charge in [0, 0.05) is 17.6 Å². The van der Waals surface area contributed by atoms with E-state index in [4.69, 9.17) is 34.8 Å². The van der Waals surface area contributed by atoms with E-state index in [1.807, 2.05) is 30.3 Å². The largest absolute Gasteiger partial charge is 0.351 e. The molecule has 3 N–H and O–H groups in total. The maximum atomic E-state index is 12.3. The summed E-state index contributed by atoms with van der Waals surface area (Å²) in [6, 6.07) is 12.7. The van der Waals surface area contributed by atoms with Crippen LogP contribution in [0.5, 0.6) is 0 Å². The highest BCUT2D eigenvalue weighted by molar-refractivity contribution is 6.42. The molecule has 2 aromatic rings.